The summed E-state index contributed by atoms with van der Waals surface area (Å²) in [5, 5.41) is 8.53. The lowest BCUT2D eigenvalue weighted by Gasteiger charge is -2.15. The van der Waals surface area contributed by atoms with Gasteiger partial charge in [-0.3, -0.25) is 4.79 Å². The second-order valence-corrected chi connectivity index (χ2v) is 8.22. The minimum atomic E-state index is -4.65. The molecule has 0 aliphatic carbocycles. The minimum absolute atomic E-state index is 0.214. The van der Waals surface area contributed by atoms with Crippen LogP contribution in [0.25, 0.3) is 16.4 Å². The number of carbonyl (C=O) groups excluding carboxylic acids is 1. The summed E-state index contributed by atoms with van der Waals surface area (Å²) in [6.07, 6.45) is -3.39. The zero-order valence-corrected chi connectivity index (χ0v) is 18.3. The van der Waals surface area contributed by atoms with E-state index in [1.54, 1.807) is 30.5 Å². The van der Waals surface area contributed by atoms with Gasteiger partial charge < -0.3 is 5.32 Å². The number of rotatable bonds is 5. The molecule has 2 heterocycles. The smallest absolute Gasteiger partial charge is 0.342 e. The van der Waals surface area contributed by atoms with Crippen LogP contribution in [0, 0.1) is 5.82 Å². The van der Waals surface area contributed by atoms with Crippen LogP contribution in [0.2, 0.25) is 5.02 Å². The largest absolute Gasteiger partial charge is 0.416 e. The van der Waals surface area contributed by atoms with Gasteiger partial charge in [-0.05, 0) is 37.3 Å². The molecule has 1 atom stereocenters. The van der Waals surface area contributed by atoms with Crippen LogP contribution in [0.4, 0.5) is 17.6 Å². The van der Waals surface area contributed by atoms with Gasteiger partial charge in [0.2, 0.25) is 5.13 Å². The van der Waals surface area contributed by atoms with E-state index in [9.17, 15) is 22.4 Å². The van der Waals surface area contributed by atoms with E-state index in [4.69, 9.17) is 11.6 Å². The van der Waals surface area contributed by atoms with Gasteiger partial charge in [0, 0.05) is 21.5 Å². The highest BCUT2D eigenvalue weighted by atomic mass is 35.5. The number of benzene rings is 2. The lowest BCUT2D eigenvalue weighted by Crippen LogP contribution is -2.29. The van der Waals surface area contributed by atoms with Crippen molar-refractivity contribution >= 4 is 28.8 Å². The highest BCUT2D eigenvalue weighted by Crippen LogP contribution is 2.32. The van der Waals surface area contributed by atoms with Gasteiger partial charge in [0.15, 0.2) is 5.82 Å². The number of amides is 1. The molecule has 0 radical (unpaired) electrons. The van der Waals surface area contributed by atoms with Crippen LogP contribution in [-0.4, -0.2) is 25.7 Å². The predicted octanol–water partition coefficient (Wildman–Crippen LogP) is 5.69. The second-order valence-electron chi connectivity index (χ2n) is 6.95. The third kappa shape index (κ3) is 4.88. The van der Waals surface area contributed by atoms with Gasteiger partial charge in [-0.15, -0.1) is 11.3 Å². The van der Waals surface area contributed by atoms with Crippen molar-refractivity contribution in [2.24, 2.45) is 0 Å². The zero-order chi connectivity index (χ0) is 23.8. The number of hydrogen-bond acceptors (Lipinski definition) is 5. The maximum absolute atomic E-state index is 14.1. The normalized spacial score (nSPS) is 12.5. The van der Waals surface area contributed by atoms with Crippen LogP contribution in [-0.2, 0) is 6.18 Å². The third-order valence-corrected chi connectivity index (χ3v) is 5.65. The van der Waals surface area contributed by atoms with E-state index < -0.39 is 29.5 Å². The van der Waals surface area contributed by atoms with E-state index >= 15 is 0 Å². The van der Waals surface area contributed by atoms with Crippen molar-refractivity contribution in [1.29, 1.82) is 0 Å². The molecule has 0 fully saturated rings. The fourth-order valence-corrected chi connectivity index (χ4v) is 4.10. The first-order chi connectivity index (χ1) is 15.6. The Morgan fingerprint density at radius 2 is 1.97 bits per heavy atom. The van der Waals surface area contributed by atoms with Gasteiger partial charge in [0.05, 0.1) is 17.3 Å². The van der Waals surface area contributed by atoms with Gasteiger partial charge in [-0.25, -0.2) is 14.4 Å². The summed E-state index contributed by atoms with van der Waals surface area (Å²) >= 11 is 6.96. The second kappa shape index (κ2) is 8.91. The summed E-state index contributed by atoms with van der Waals surface area (Å²) in [5.41, 5.74) is -0.544. The zero-order valence-electron chi connectivity index (χ0n) is 16.8. The number of carbonyl (C=O) groups is 1. The van der Waals surface area contributed by atoms with Crippen LogP contribution in [0.15, 0.2) is 54.2 Å². The first kappa shape index (κ1) is 22.9. The number of halogens is 5. The Morgan fingerprint density at radius 1 is 1.21 bits per heavy atom. The highest BCUT2D eigenvalue weighted by molar-refractivity contribution is 7.12. The summed E-state index contributed by atoms with van der Waals surface area (Å²) in [7, 11) is 0. The number of hydrogen-bond donors (Lipinski definition) is 1. The van der Waals surface area contributed by atoms with Gasteiger partial charge in [0.1, 0.15) is 12.1 Å². The Labute approximate surface area is 193 Å². The number of aromatic nitrogens is 4. The molecule has 1 amide bonds. The first-order valence-electron chi connectivity index (χ1n) is 9.43. The molecule has 4 rings (SSSR count). The van der Waals surface area contributed by atoms with Crippen molar-refractivity contribution in [2.45, 2.75) is 19.1 Å². The van der Waals surface area contributed by atoms with Crippen molar-refractivity contribution in [3.05, 3.63) is 82.0 Å². The molecule has 0 aliphatic heterocycles. The molecule has 0 aliphatic rings. The molecular formula is C21H14ClF4N5OS. The Hall–Kier alpha value is -3.31. The average Bonchev–Trinajstić information content (AvgIpc) is 3.42. The molecule has 0 unspecified atom stereocenters. The lowest BCUT2D eigenvalue weighted by molar-refractivity contribution is -0.137. The van der Waals surface area contributed by atoms with Crippen LogP contribution in [0.5, 0.6) is 0 Å². The van der Waals surface area contributed by atoms with Crippen LogP contribution >= 0.6 is 22.9 Å². The molecular weight excluding hydrogens is 482 g/mol. The van der Waals surface area contributed by atoms with Crippen LogP contribution in [0.1, 0.15) is 34.7 Å². The quantitative estimate of drug-likeness (QED) is 0.361. The molecule has 12 heteroatoms. The monoisotopic (exact) mass is 495 g/mol. The molecule has 4 aromatic rings. The molecule has 0 bridgehead atoms. The number of nitrogens with zero attached hydrogens (tertiary/aromatic N) is 4. The van der Waals surface area contributed by atoms with E-state index in [-0.39, 0.29) is 16.4 Å². The summed E-state index contributed by atoms with van der Waals surface area (Å²) < 4.78 is 54.6. The minimum Gasteiger partial charge on any atom is -0.342 e. The number of alkyl halides is 3. The maximum Gasteiger partial charge on any atom is 0.416 e. The summed E-state index contributed by atoms with van der Waals surface area (Å²) in [4.78, 5) is 21.1. The van der Waals surface area contributed by atoms with Gasteiger partial charge in [-0.1, -0.05) is 23.7 Å². The van der Waals surface area contributed by atoms with Crippen LogP contribution in [0.3, 0.4) is 0 Å². The summed E-state index contributed by atoms with van der Waals surface area (Å²) in [6, 6.07) is 8.06. The van der Waals surface area contributed by atoms with Crippen molar-refractivity contribution in [1.82, 2.24) is 25.1 Å². The van der Waals surface area contributed by atoms with Crippen molar-refractivity contribution in [2.75, 3.05) is 0 Å². The van der Waals surface area contributed by atoms with Gasteiger partial charge in [-0.2, -0.15) is 23.0 Å². The number of thiazole rings is 1. The molecule has 2 aromatic carbocycles. The van der Waals surface area contributed by atoms with Gasteiger partial charge >= 0.3 is 6.18 Å². The van der Waals surface area contributed by atoms with E-state index in [0.29, 0.717) is 16.4 Å². The molecule has 0 saturated carbocycles. The molecule has 6 nitrogen and oxygen atoms in total. The standard InChI is InChI=1S/C21H14ClF4N5OS/c1-11(29-19(32)12-6-13(21(24,25)26)8-14(22)7-12)18-27-10-28-31(18)20-30-17(9-33-20)15-4-2-3-5-16(15)23/h2-11H,1H3,(H,29,32)/t11-/m0/s1. The van der Waals surface area contributed by atoms with Gasteiger partial charge in [0.25, 0.3) is 5.91 Å². The molecule has 0 saturated heterocycles. The fourth-order valence-electron chi connectivity index (χ4n) is 3.08. The maximum atomic E-state index is 14.1. The average molecular weight is 496 g/mol. The molecule has 33 heavy (non-hydrogen) atoms. The Kier molecular flexibility index (Phi) is 6.17. The van der Waals surface area contributed by atoms with Crippen molar-refractivity contribution in [3.63, 3.8) is 0 Å². The van der Waals surface area contributed by atoms with Crippen molar-refractivity contribution < 1.29 is 22.4 Å². The highest BCUT2D eigenvalue weighted by Gasteiger charge is 2.32. The fraction of sp³-hybridized carbons (Fsp3) is 0.143. The number of nitrogens with one attached hydrogen (secondary N) is 1. The molecule has 2 aromatic heterocycles. The van der Waals surface area contributed by atoms with E-state index in [0.717, 1.165) is 18.2 Å². The summed E-state index contributed by atoms with van der Waals surface area (Å²) in [6.45, 7) is 1.60. The van der Waals surface area contributed by atoms with Crippen molar-refractivity contribution in [3.8, 4) is 16.4 Å². The van der Waals surface area contributed by atoms with E-state index in [1.807, 2.05) is 0 Å². The Bertz CT molecular complexity index is 1320. The Morgan fingerprint density at radius 3 is 2.70 bits per heavy atom. The predicted molar refractivity (Wildman–Crippen MR) is 115 cm³/mol. The van der Waals surface area contributed by atoms with E-state index in [2.05, 4.69) is 20.4 Å². The summed E-state index contributed by atoms with van der Waals surface area (Å²) in [5.74, 6) is -0.902. The molecule has 1 N–H and O–H groups in total. The topological polar surface area (TPSA) is 72.7 Å². The first-order valence-corrected chi connectivity index (χ1v) is 10.7. The van der Waals surface area contributed by atoms with Crippen LogP contribution < -0.4 is 5.32 Å². The van der Waals surface area contributed by atoms with E-state index in [1.165, 1.54) is 28.4 Å². The molecule has 0 spiro atoms. The Balaban J connectivity index is 1.57. The third-order valence-electron chi connectivity index (χ3n) is 4.62. The lowest BCUT2D eigenvalue weighted by atomic mass is 10.1. The molecule has 170 valence electrons. The SMILES string of the molecule is C[C@H](NC(=O)c1cc(Cl)cc(C(F)(F)F)c1)c1ncnn1-c1nc(-c2ccccc2F)cs1.